The van der Waals surface area contributed by atoms with E-state index in [2.05, 4.69) is 49.2 Å². The summed E-state index contributed by atoms with van der Waals surface area (Å²) in [7, 11) is 0. The molecule has 0 radical (unpaired) electrons. The fraction of sp³-hybridized carbons (Fsp3) is 0.167. The fourth-order valence-electron chi connectivity index (χ4n) is 2.77. The molecule has 3 rings (SSSR count). The smallest absolute Gasteiger partial charge is 0.0705 e. The summed E-state index contributed by atoms with van der Waals surface area (Å²) in [5, 5.41) is 1.13. The Morgan fingerprint density at radius 1 is 0.950 bits per heavy atom. The van der Waals surface area contributed by atoms with Crippen LogP contribution in [0, 0.1) is 13.8 Å². The maximum atomic E-state index is 6.49. The molecule has 3 aromatic rings. The summed E-state index contributed by atoms with van der Waals surface area (Å²) in [6, 6.07) is 16.5. The molecule has 100 valence electrons. The number of nitrogens with two attached hydrogens (primary N) is 1. The Kier molecular flexibility index (Phi) is 3.25. The Bertz CT molecular complexity index is 737. The third-order valence-electron chi connectivity index (χ3n) is 3.62. The van der Waals surface area contributed by atoms with Crippen LogP contribution in [0.5, 0.6) is 0 Å². The van der Waals surface area contributed by atoms with Crippen molar-refractivity contribution in [2.24, 2.45) is 5.73 Å². The number of fused-ring (bicyclic) bond motifs is 1. The summed E-state index contributed by atoms with van der Waals surface area (Å²) in [5.74, 6) is 0. The highest BCUT2D eigenvalue weighted by Gasteiger charge is 2.13. The minimum absolute atomic E-state index is 0.124. The third-order valence-corrected chi connectivity index (χ3v) is 3.62. The molecule has 1 atom stereocenters. The average Bonchev–Trinajstić information content (AvgIpc) is 2.45. The lowest BCUT2D eigenvalue weighted by molar-refractivity contribution is 0.876. The normalized spacial score (nSPS) is 12.6. The first-order chi connectivity index (χ1) is 9.65. The van der Waals surface area contributed by atoms with E-state index in [4.69, 9.17) is 5.73 Å². The van der Waals surface area contributed by atoms with Crippen LogP contribution in [-0.2, 0) is 0 Å². The van der Waals surface area contributed by atoms with E-state index in [-0.39, 0.29) is 6.04 Å². The standard InChI is InChI=1S/C18H18N2/c1-12-9-13(2)11-14(10-12)18(19)16-5-3-7-17-15(16)6-4-8-20-17/h3-11,18H,19H2,1-2H3. The predicted octanol–water partition coefficient (Wildman–Crippen LogP) is 3.90. The number of rotatable bonds is 2. The van der Waals surface area contributed by atoms with Gasteiger partial charge in [0.05, 0.1) is 11.6 Å². The summed E-state index contributed by atoms with van der Waals surface area (Å²) >= 11 is 0. The van der Waals surface area contributed by atoms with Gasteiger partial charge in [-0.1, -0.05) is 47.5 Å². The molecule has 2 nitrogen and oxygen atoms in total. The van der Waals surface area contributed by atoms with Crippen molar-refractivity contribution < 1.29 is 0 Å². The molecular formula is C18H18N2. The van der Waals surface area contributed by atoms with Gasteiger partial charge in [-0.15, -0.1) is 0 Å². The third kappa shape index (κ3) is 2.30. The molecule has 0 saturated heterocycles. The fourth-order valence-corrected chi connectivity index (χ4v) is 2.77. The molecule has 2 aromatic carbocycles. The molecule has 20 heavy (non-hydrogen) atoms. The van der Waals surface area contributed by atoms with Gasteiger partial charge in [-0.05, 0) is 37.1 Å². The molecule has 0 aliphatic carbocycles. The Morgan fingerprint density at radius 2 is 1.70 bits per heavy atom. The highest BCUT2D eigenvalue weighted by molar-refractivity contribution is 5.82. The first-order valence-corrected chi connectivity index (χ1v) is 6.82. The number of aromatic nitrogens is 1. The van der Waals surface area contributed by atoms with Crippen LogP contribution in [0.1, 0.15) is 28.3 Å². The van der Waals surface area contributed by atoms with E-state index >= 15 is 0 Å². The molecule has 1 heterocycles. The largest absolute Gasteiger partial charge is 0.320 e. The molecule has 1 unspecified atom stereocenters. The minimum atomic E-state index is -0.124. The molecule has 0 fully saturated rings. The van der Waals surface area contributed by atoms with Crippen molar-refractivity contribution in [1.29, 1.82) is 0 Å². The second kappa shape index (κ2) is 5.06. The van der Waals surface area contributed by atoms with Crippen LogP contribution in [-0.4, -0.2) is 4.98 Å². The molecule has 0 aliphatic rings. The molecule has 2 heteroatoms. The first kappa shape index (κ1) is 12.8. The van der Waals surface area contributed by atoms with Gasteiger partial charge in [0.2, 0.25) is 0 Å². The number of nitrogens with zero attached hydrogens (tertiary/aromatic N) is 1. The zero-order valence-corrected chi connectivity index (χ0v) is 11.8. The van der Waals surface area contributed by atoms with Gasteiger partial charge in [-0.3, -0.25) is 4.98 Å². The van der Waals surface area contributed by atoms with Gasteiger partial charge in [-0.25, -0.2) is 0 Å². The van der Waals surface area contributed by atoms with Gasteiger partial charge in [0.15, 0.2) is 0 Å². The second-order valence-electron chi connectivity index (χ2n) is 5.32. The topological polar surface area (TPSA) is 38.9 Å². The molecular weight excluding hydrogens is 244 g/mol. The number of hydrogen-bond acceptors (Lipinski definition) is 2. The molecule has 0 bridgehead atoms. The zero-order valence-electron chi connectivity index (χ0n) is 11.8. The van der Waals surface area contributed by atoms with E-state index in [9.17, 15) is 0 Å². The van der Waals surface area contributed by atoms with Crippen LogP contribution < -0.4 is 5.73 Å². The summed E-state index contributed by atoms with van der Waals surface area (Å²) in [6.07, 6.45) is 1.81. The van der Waals surface area contributed by atoms with Crippen molar-refractivity contribution in [2.75, 3.05) is 0 Å². The van der Waals surface area contributed by atoms with Gasteiger partial charge in [0.25, 0.3) is 0 Å². The zero-order chi connectivity index (χ0) is 14.1. The minimum Gasteiger partial charge on any atom is -0.320 e. The van der Waals surface area contributed by atoms with E-state index in [1.165, 1.54) is 11.1 Å². The summed E-state index contributed by atoms with van der Waals surface area (Å²) in [6.45, 7) is 4.21. The van der Waals surface area contributed by atoms with Crippen molar-refractivity contribution in [3.05, 3.63) is 77.0 Å². The van der Waals surface area contributed by atoms with Crippen LogP contribution in [0.2, 0.25) is 0 Å². The molecule has 0 saturated carbocycles. The van der Waals surface area contributed by atoms with E-state index in [0.29, 0.717) is 0 Å². The van der Waals surface area contributed by atoms with E-state index in [0.717, 1.165) is 22.0 Å². The quantitative estimate of drug-likeness (QED) is 0.760. The maximum absolute atomic E-state index is 6.49. The van der Waals surface area contributed by atoms with Crippen molar-refractivity contribution in [2.45, 2.75) is 19.9 Å². The van der Waals surface area contributed by atoms with Gasteiger partial charge in [0, 0.05) is 11.6 Å². The second-order valence-corrected chi connectivity index (χ2v) is 5.32. The highest BCUT2D eigenvalue weighted by atomic mass is 14.7. The molecule has 0 aliphatic heterocycles. The summed E-state index contributed by atoms with van der Waals surface area (Å²) in [5.41, 5.74) is 12.2. The van der Waals surface area contributed by atoms with E-state index in [1.807, 2.05) is 24.4 Å². The van der Waals surface area contributed by atoms with E-state index in [1.54, 1.807) is 0 Å². The Morgan fingerprint density at radius 3 is 2.45 bits per heavy atom. The lowest BCUT2D eigenvalue weighted by Crippen LogP contribution is -2.12. The Hall–Kier alpha value is -2.19. The predicted molar refractivity (Wildman–Crippen MR) is 83.7 cm³/mol. The van der Waals surface area contributed by atoms with Crippen LogP contribution in [0.3, 0.4) is 0 Å². The van der Waals surface area contributed by atoms with E-state index < -0.39 is 0 Å². The lowest BCUT2D eigenvalue weighted by atomic mass is 9.94. The number of hydrogen-bond donors (Lipinski definition) is 1. The maximum Gasteiger partial charge on any atom is 0.0705 e. The molecule has 0 amide bonds. The van der Waals surface area contributed by atoms with Crippen molar-refractivity contribution in [1.82, 2.24) is 4.98 Å². The van der Waals surface area contributed by atoms with Gasteiger partial charge < -0.3 is 5.73 Å². The van der Waals surface area contributed by atoms with Crippen LogP contribution in [0.25, 0.3) is 10.9 Å². The highest BCUT2D eigenvalue weighted by Crippen LogP contribution is 2.27. The van der Waals surface area contributed by atoms with Crippen molar-refractivity contribution in [3.8, 4) is 0 Å². The van der Waals surface area contributed by atoms with Crippen molar-refractivity contribution >= 4 is 10.9 Å². The Balaban J connectivity index is 2.15. The average molecular weight is 262 g/mol. The summed E-state index contributed by atoms with van der Waals surface area (Å²) < 4.78 is 0. The number of pyridine rings is 1. The SMILES string of the molecule is Cc1cc(C)cc(C(N)c2cccc3ncccc23)c1. The lowest BCUT2D eigenvalue weighted by Gasteiger charge is -2.16. The van der Waals surface area contributed by atoms with Gasteiger partial charge in [-0.2, -0.15) is 0 Å². The van der Waals surface area contributed by atoms with Gasteiger partial charge >= 0.3 is 0 Å². The summed E-state index contributed by atoms with van der Waals surface area (Å²) in [4.78, 5) is 4.40. The van der Waals surface area contributed by atoms with Gasteiger partial charge in [0.1, 0.15) is 0 Å². The number of aryl methyl sites for hydroxylation is 2. The molecule has 1 aromatic heterocycles. The van der Waals surface area contributed by atoms with Crippen molar-refractivity contribution in [3.63, 3.8) is 0 Å². The number of benzene rings is 2. The first-order valence-electron chi connectivity index (χ1n) is 6.82. The van der Waals surface area contributed by atoms with Crippen LogP contribution in [0.15, 0.2) is 54.7 Å². The van der Waals surface area contributed by atoms with Crippen LogP contribution >= 0.6 is 0 Å². The van der Waals surface area contributed by atoms with Crippen LogP contribution in [0.4, 0.5) is 0 Å². The Labute approximate surface area is 119 Å². The molecule has 2 N–H and O–H groups in total. The monoisotopic (exact) mass is 262 g/mol. The molecule has 0 spiro atoms.